The van der Waals surface area contributed by atoms with Crippen LogP contribution in [0.2, 0.25) is 0 Å². The summed E-state index contributed by atoms with van der Waals surface area (Å²) >= 11 is 0. The first-order valence-electron chi connectivity index (χ1n) is 9.05. The number of hydrogen-bond acceptors (Lipinski definition) is 4. The van der Waals surface area contributed by atoms with E-state index in [2.05, 4.69) is 44.7 Å². The molecule has 0 radical (unpaired) electrons. The summed E-state index contributed by atoms with van der Waals surface area (Å²) in [5, 5.41) is 1.20. The van der Waals surface area contributed by atoms with E-state index < -0.39 is 0 Å². The maximum atomic E-state index is 6.13. The quantitative estimate of drug-likeness (QED) is 0.736. The molecule has 2 aliphatic heterocycles. The Morgan fingerprint density at radius 3 is 2.56 bits per heavy atom. The van der Waals surface area contributed by atoms with E-state index in [1.165, 1.54) is 18.2 Å². The largest absolute Gasteiger partial charge is 0.473 e. The standard InChI is InChI=1S/C20H22N4O/c1-23-15-6-7-16(23)11-17(10-15)25-20-13-21-19(12-22-20)24-9-8-14-4-2-3-5-18(14)24/h2-5,8-9,12-13,15-17H,6-7,10-11H2,1H3. The van der Waals surface area contributed by atoms with Crippen LogP contribution in [0.1, 0.15) is 25.7 Å². The van der Waals surface area contributed by atoms with Crippen molar-refractivity contribution in [3.05, 3.63) is 48.9 Å². The maximum absolute atomic E-state index is 6.13. The van der Waals surface area contributed by atoms with E-state index in [0.29, 0.717) is 18.0 Å². The third kappa shape index (κ3) is 2.59. The van der Waals surface area contributed by atoms with Gasteiger partial charge in [0.15, 0.2) is 5.82 Å². The number of hydrogen-bond donors (Lipinski definition) is 0. The Kier molecular flexibility index (Phi) is 3.48. The van der Waals surface area contributed by atoms with Crippen LogP contribution in [-0.4, -0.2) is 44.7 Å². The summed E-state index contributed by atoms with van der Waals surface area (Å²) in [7, 11) is 2.24. The van der Waals surface area contributed by atoms with Crippen LogP contribution in [0.25, 0.3) is 16.7 Å². The molecule has 2 aromatic heterocycles. The third-order valence-corrected chi connectivity index (χ3v) is 5.80. The van der Waals surface area contributed by atoms with E-state index in [-0.39, 0.29) is 6.10 Å². The summed E-state index contributed by atoms with van der Waals surface area (Å²) in [6.45, 7) is 0. The maximum Gasteiger partial charge on any atom is 0.232 e. The highest BCUT2D eigenvalue weighted by atomic mass is 16.5. The summed E-state index contributed by atoms with van der Waals surface area (Å²) < 4.78 is 8.19. The first kappa shape index (κ1) is 14.9. The fourth-order valence-electron chi connectivity index (χ4n) is 4.41. The summed E-state index contributed by atoms with van der Waals surface area (Å²) in [5.41, 5.74) is 1.14. The molecule has 5 rings (SSSR count). The highest BCUT2D eigenvalue weighted by Gasteiger charge is 2.39. The van der Waals surface area contributed by atoms with E-state index in [1.807, 2.05) is 18.3 Å². The molecule has 0 saturated carbocycles. The second-order valence-electron chi connectivity index (χ2n) is 7.22. The zero-order valence-electron chi connectivity index (χ0n) is 14.4. The number of para-hydroxylation sites is 1. The highest BCUT2D eigenvalue weighted by Crippen LogP contribution is 2.35. The van der Waals surface area contributed by atoms with Gasteiger partial charge in [0.25, 0.3) is 0 Å². The minimum atomic E-state index is 0.265. The molecule has 4 heterocycles. The summed E-state index contributed by atoms with van der Waals surface area (Å²) in [6, 6.07) is 11.7. The van der Waals surface area contributed by atoms with Crippen molar-refractivity contribution >= 4 is 10.9 Å². The summed E-state index contributed by atoms with van der Waals surface area (Å²) in [6.07, 6.45) is 10.6. The van der Waals surface area contributed by atoms with Crippen molar-refractivity contribution in [3.8, 4) is 11.7 Å². The van der Waals surface area contributed by atoms with Crippen LogP contribution in [0.4, 0.5) is 0 Å². The SMILES string of the molecule is CN1C2CCC1CC(Oc1cnc(-n3ccc4ccccc43)cn1)C2. The second kappa shape index (κ2) is 5.85. The van der Waals surface area contributed by atoms with Crippen molar-refractivity contribution in [2.24, 2.45) is 0 Å². The Labute approximate surface area is 147 Å². The van der Waals surface area contributed by atoms with Gasteiger partial charge in [-0.25, -0.2) is 9.97 Å². The number of piperidine rings is 1. The van der Waals surface area contributed by atoms with E-state index in [9.17, 15) is 0 Å². The Bertz CT molecular complexity index is 874. The number of ether oxygens (including phenoxy) is 1. The first-order valence-corrected chi connectivity index (χ1v) is 9.05. The molecule has 2 bridgehead atoms. The monoisotopic (exact) mass is 334 g/mol. The van der Waals surface area contributed by atoms with Gasteiger partial charge in [-0.05, 0) is 50.2 Å². The van der Waals surface area contributed by atoms with Crippen LogP contribution in [0.3, 0.4) is 0 Å². The lowest BCUT2D eigenvalue weighted by Crippen LogP contribution is -2.43. The molecule has 3 aromatic rings. The first-order chi connectivity index (χ1) is 12.3. The zero-order valence-corrected chi connectivity index (χ0v) is 14.4. The highest BCUT2D eigenvalue weighted by molar-refractivity contribution is 5.81. The number of fused-ring (bicyclic) bond motifs is 3. The molecular weight excluding hydrogens is 312 g/mol. The van der Waals surface area contributed by atoms with Crippen molar-refractivity contribution < 1.29 is 4.74 Å². The average Bonchev–Trinajstić information content (AvgIpc) is 3.13. The number of benzene rings is 1. The van der Waals surface area contributed by atoms with Gasteiger partial charge in [-0.15, -0.1) is 0 Å². The molecule has 2 aliphatic rings. The molecule has 5 nitrogen and oxygen atoms in total. The number of nitrogens with zero attached hydrogens (tertiary/aromatic N) is 4. The van der Waals surface area contributed by atoms with Crippen LogP contribution >= 0.6 is 0 Å². The van der Waals surface area contributed by atoms with Crippen LogP contribution in [0, 0.1) is 0 Å². The van der Waals surface area contributed by atoms with Crippen molar-refractivity contribution in [2.75, 3.05) is 7.05 Å². The molecule has 5 heteroatoms. The van der Waals surface area contributed by atoms with Gasteiger partial charge in [0.05, 0.1) is 17.9 Å². The lowest BCUT2D eigenvalue weighted by Gasteiger charge is -2.35. The predicted molar refractivity (Wildman–Crippen MR) is 97.1 cm³/mol. The van der Waals surface area contributed by atoms with E-state index >= 15 is 0 Å². The number of rotatable bonds is 3. The van der Waals surface area contributed by atoms with E-state index in [4.69, 9.17) is 4.74 Å². The lowest BCUT2D eigenvalue weighted by atomic mass is 10.0. The summed E-state index contributed by atoms with van der Waals surface area (Å²) in [5.74, 6) is 1.45. The van der Waals surface area contributed by atoms with Crippen molar-refractivity contribution in [1.82, 2.24) is 19.4 Å². The van der Waals surface area contributed by atoms with Gasteiger partial charge in [-0.3, -0.25) is 4.57 Å². The van der Waals surface area contributed by atoms with Gasteiger partial charge in [-0.1, -0.05) is 18.2 Å². The van der Waals surface area contributed by atoms with Gasteiger partial charge in [-0.2, -0.15) is 0 Å². The Morgan fingerprint density at radius 2 is 1.80 bits per heavy atom. The minimum Gasteiger partial charge on any atom is -0.473 e. The van der Waals surface area contributed by atoms with Crippen LogP contribution < -0.4 is 4.74 Å². The minimum absolute atomic E-state index is 0.265. The molecule has 0 aliphatic carbocycles. The van der Waals surface area contributed by atoms with E-state index in [0.717, 1.165) is 24.2 Å². The molecule has 0 N–H and O–H groups in total. The normalized spacial score (nSPS) is 26.2. The predicted octanol–water partition coefficient (Wildman–Crippen LogP) is 3.42. The molecule has 0 amide bonds. The van der Waals surface area contributed by atoms with Crippen LogP contribution in [-0.2, 0) is 0 Å². The molecule has 128 valence electrons. The molecule has 2 unspecified atom stereocenters. The van der Waals surface area contributed by atoms with Gasteiger partial charge < -0.3 is 9.64 Å². The lowest BCUT2D eigenvalue weighted by molar-refractivity contribution is 0.0630. The third-order valence-electron chi connectivity index (χ3n) is 5.80. The van der Waals surface area contributed by atoms with Gasteiger partial charge >= 0.3 is 0 Å². The Morgan fingerprint density at radius 1 is 1.00 bits per heavy atom. The van der Waals surface area contributed by atoms with Crippen molar-refractivity contribution in [2.45, 2.75) is 43.9 Å². The molecule has 25 heavy (non-hydrogen) atoms. The zero-order chi connectivity index (χ0) is 16.8. The molecule has 2 atom stereocenters. The van der Waals surface area contributed by atoms with Gasteiger partial charge in [0.2, 0.25) is 5.88 Å². The average molecular weight is 334 g/mol. The smallest absolute Gasteiger partial charge is 0.232 e. The van der Waals surface area contributed by atoms with Gasteiger partial charge in [0, 0.05) is 18.3 Å². The fraction of sp³-hybridized carbons (Fsp3) is 0.400. The van der Waals surface area contributed by atoms with E-state index in [1.54, 1.807) is 12.4 Å². The topological polar surface area (TPSA) is 43.2 Å². The van der Waals surface area contributed by atoms with Gasteiger partial charge in [0.1, 0.15) is 6.10 Å². The molecule has 2 fully saturated rings. The molecule has 0 spiro atoms. The number of aromatic nitrogens is 3. The molecule has 1 aromatic carbocycles. The molecular formula is C20H22N4O. The second-order valence-corrected chi connectivity index (χ2v) is 7.22. The fourth-order valence-corrected chi connectivity index (χ4v) is 4.41. The summed E-state index contributed by atoms with van der Waals surface area (Å²) in [4.78, 5) is 11.6. The molecule has 2 saturated heterocycles. The van der Waals surface area contributed by atoms with Crippen molar-refractivity contribution in [1.29, 1.82) is 0 Å². The van der Waals surface area contributed by atoms with Crippen LogP contribution in [0.15, 0.2) is 48.9 Å². The van der Waals surface area contributed by atoms with Crippen LogP contribution in [0.5, 0.6) is 5.88 Å². The Hall–Kier alpha value is -2.40. The Balaban J connectivity index is 1.34. The van der Waals surface area contributed by atoms with Crippen molar-refractivity contribution in [3.63, 3.8) is 0 Å².